The average molecular weight is 397 g/mol. The lowest BCUT2D eigenvalue weighted by atomic mass is 9.94. The maximum Gasteiger partial charge on any atom is 0.267 e. The molecule has 2 saturated heterocycles. The molecule has 0 radical (unpaired) electrons. The van der Waals surface area contributed by atoms with Gasteiger partial charge in [0.2, 0.25) is 10.0 Å². The Kier molecular flexibility index (Phi) is 6.28. The standard InChI is InChI=1S/C19H32N4O3S/c1-20-19(24)18-10-9-16(21(18)2)17-8-4-5-11-22(17)13-15-7-6-12-23(14-15)27(3,25)26/h9-10,15,17H,4-8,11-14H2,1-3H3,(H,20,24)/t15-,17-/m1/s1. The second-order valence-electron chi connectivity index (χ2n) is 7.92. The van der Waals surface area contributed by atoms with Crippen molar-refractivity contribution >= 4 is 15.9 Å². The fourth-order valence-electron chi connectivity index (χ4n) is 4.57. The molecular weight excluding hydrogens is 364 g/mol. The SMILES string of the molecule is CNC(=O)c1ccc([C@H]2CCCCN2C[C@H]2CCCN(S(C)(=O)=O)C2)n1C. The van der Waals surface area contributed by atoms with Crippen molar-refractivity contribution in [1.82, 2.24) is 19.1 Å². The first-order valence-electron chi connectivity index (χ1n) is 9.88. The zero-order valence-corrected chi connectivity index (χ0v) is 17.5. The van der Waals surface area contributed by atoms with E-state index in [1.165, 1.54) is 24.8 Å². The second kappa shape index (κ2) is 8.32. The number of nitrogens with zero attached hydrogens (tertiary/aromatic N) is 3. The second-order valence-corrected chi connectivity index (χ2v) is 9.90. The van der Waals surface area contributed by atoms with E-state index in [-0.39, 0.29) is 11.9 Å². The number of carbonyl (C=O) groups is 1. The van der Waals surface area contributed by atoms with Gasteiger partial charge in [-0.1, -0.05) is 6.42 Å². The highest BCUT2D eigenvalue weighted by molar-refractivity contribution is 7.88. The molecule has 1 N–H and O–H groups in total. The highest BCUT2D eigenvalue weighted by atomic mass is 32.2. The summed E-state index contributed by atoms with van der Waals surface area (Å²) in [6.07, 6.45) is 6.75. The van der Waals surface area contributed by atoms with Crippen molar-refractivity contribution in [2.45, 2.75) is 38.1 Å². The molecule has 0 unspecified atom stereocenters. The monoisotopic (exact) mass is 396 g/mol. The fraction of sp³-hybridized carbons (Fsp3) is 0.737. The summed E-state index contributed by atoms with van der Waals surface area (Å²) < 4.78 is 27.5. The third-order valence-electron chi connectivity index (χ3n) is 6.02. The van der Waals surface area contributed by atoms with Crippen LogP contribution in [0.5, 0.6) is 0 Å². The maximum atomic E-state index is 12.1. The number of hydrogen-bond donors (Lipinski definition) is 1. The van der Waals surface area contributed by atoms with Crippen LogP contribution in [0.2, 0.25) is 0 Å². The Balaban J connectivity index is 1.74. The molecule has 1 aromatic rings. The van der Waals surface area contributed by atoms with Crippen molar-refractivity contribution in [2.75, 3.05) is 39.5 Å². The van der Waals surface area contributed by atoms with Gasteiger partial charge in [-0.2, -0.15) is 0 Å². The van der Waals surface area contributed by atoms with E-state index in [9.17, 15) is 13.2 Å². The summed E-state index contributed by atoms with van der Waals surface area (Å²) in [4.78, 5) is 14.6. The van der Waals surface area contributed by atoms with E-state index in [4.69, 9.17) is 0 Å². The molecule has 3 rings (SSSR count). The zero-order chi connectivity index (χ0) is 19.6. The molecule has 2 fully saturated rings. The molecule has 1 aromatic heterocycles. The van der Waals surface area contributed by atoms with Gasteiger partial charge in [-0.25, -0.2) is 12.7 Å². The van der Waals surface area contributed by atoms with Crippen LogP contribution in [0.1, 0.15) is 54.3 Å². The van der Waals surface area contributed by atoms with Gasteiger partial charge >= 0.3 is 0 Å². The minimum absolute atomic E-state index is 0.0674. The normalized spacial score (nSPS) is 25.4. The Labute approximate surface area is 162 Å². The van der Waals surface area contributed by atoms with E-state index in [0.29, 0.717) is 24.7 Å². The summed E-state index contributed by atoms with van der Waals surface area (Å²) in [6, 6.07) is 4.25. The Bertz CT molecular complexity index is 774. The lowest BCUT2D eigenvalue weighted by Gasteiger charge is -2.40. The molecule has 3 heterocycles. The number of amides is 1. The molecule has 1 amide bonds. The first kappa shape index (κ1) is 20.4. The summed E-state index contributed by atoms with van der Waals surface area (Å²) in [5.41, 5.74) is 1.85. The largest absolute Gasteiger partial charge is 0.354 e. The van der Waals surface area contributed by atoms with Crippen LogP contribution in [0.25, 0.3) is 0 Å². The average Bonchev–Trinajstić information content (AvgIpc) is 3.02. The number of hydrogen-bond acceptors (Lipinski definition) is 4. The van der Waals surface area contributed by atoms with Crippen molar-refractivity contribution in [2.24, 2.45) is 13.0 Å². The molecule has 152 valence electrons. The first-order valence-corrected chi connectivity index (χ1v) is 11.7. The maximum absolute atomic E-state index is 12.1. The van der Waals surface area contributed by atoms with Gasteiger partial charge in [0.25, 0.3) is 5.91 Å². The Hall–Kier alpha value is -1.38. The summed E-state index contributed by atoms with van der Waals surface area (Å²) in [7, 11) is 0.493. The third kappa shape index (κ3) is 4.55. The minimum atomic E-state index is -3.11. The number of sulfonamides is 1. The summed E-state index contributed by atoms with van der Waals surface area (Å²) in [6.45, 7) is 3.21. The number of rotatable bonds is 5. The van der Waals surface area contributed by atoms with Crippen LogP contribution in [0.4, 0.5) is 0 Å². The first-order chi connectivity index (χ1) is 12.8. The van der Waals surface area contributed by atoms with Crippen LogP contribution in [0, 0.1) is 5.92 Å². The fourth-order valence-corrected chi connectivity index (χ4v) is 5.51. The van der Waals surface area contributed by atoms with Crippen LogP contribution in [-0.4, -0.2) is 67.6 Å². The van der Waals surface area contributed by atoms with Gasteiger partial charge in [0.1, 0.15) is 5.69 Å². The number of piperidine rings is 2. The number of likely N-dealkylation sites (tertiary alicyclic amines) is 1. The van der Waals surface area contributed by atoms with Crippen molar-refractivity contribution in [1.29, 1.82) is 0 Å². The van der Waals surface area contributed by atoms with E-state index in [1.807, 2.05) is 17.7 Å². The molecule has 0 bridgehead atoms. The van der Waals surface area contributed by atoms with Crippen molar-refractivity contribution in [3.05, 3.63) is 23.5 Å². The Morgan fingerprint density at radius 2 is 1.96 bits per heavy atom. The van der Waals surface area contributed by atoms with Gasteiger partial charge in [-0.15, -0.1) is 0 Å². The molecule has 0 aliphatic carbocycles. The zero-order valence-electron chi connectivity index (χ0n) is 16.6. The molecule has 2 aliphatic heterocycles. The molecule has 8 heteroatoms. The lowest BCUT2D eigenvalue weighted by molar-refractivity contribution is 0.0944. The van der Waals surface area contributed by atoms with Crippen molar-refractivity contribution in [3.8, 4) is 0 Å². The van der Waals surface area contributed by atoms with Gasteiger partial charge in [-0.3, -0.25) is 9.69 Å². The Morgan fingerprint density at radius 3 is 2.67 bits per heavy atom. The summed E-state index contributed by atoms with van der Waals surface area (Å²) >= 11 is 0. The molecule has 0 saturated carbocycles. The van der Waals surface area contributed by atoms with Gasteiger partial charge < -0.3 is 9.88 Å². The van der Waals surface area contributed by atoms with Gasteiger partial charge in [0, 0.05) is 39.4 Å². The van der Waals surface area contributed by atoms with E-state index in [2.05, 4.69) is 16.3 Å². The molecule has 27 heavy (non-hydrogen) atoms. The van der Waals surface area contributed by atoms with E-state index in [0.717, 1.165) is 32.4 Å². The highest BCUT2D eigenvalue weighted by Gasteiger charge is 2.32. The predicted octanol–water partition coefficient (Wildman–Crippen LogP) is 1.58. The summed E-state index contributed by atoms with van der Waals surface area (Å²) in [5, 5.41) is 2.70. The molecule has 2 aliphatic rings. The Morgan fingerprint density at radius 1 is 1.19 bits per heavy atom. The third-order valence-corrected chi connectivity index (χ3v) is 7.29. The van der Waals surface area contributed by atoms with Crippen LogP contribution >= 0.6 is 0 Å². The van der Waals surface area contributed by atoms with E-state index in [1.54, 1.807) is 11.4 Å². The molecule has 0 aromatic carbocycles. The number of nitrogens with one attached hydrogen (secondary N) is 1. The summed E-state index contributed by atoms with van der Waals surface area (Å²) in [5.74, 6) is 0.301. The molecule has 2 atom stereocenters. The topological polar surface area (TPSA) is 74.7 Å². The van der Waals surface area contributed by atoms with Crippen LogP contribution < -0.4 is 5.32 Å². The number of carbonyl (C=O) groups excluding carboxylic acids is 1. The quantitative estimate of drug-likeness (QED) is 0.820. The van der Waals surface area contributed by atoms with Gasteiger partial charge in [-0.05, 0) is 50.3 Å². The lowest BCUT2D eigenvalue weighted by Crippen LogP contribution is -2.45. The van der Waals surface area contributed by atoms with E-state index < -0.39 is 10.0 Å². The minimum Gasteiger partial charge on any atom is -0.354 e. The van der Waals surface area contributed by atoms with Crippen LogP contribution in [0.15, 0.2) is 12.1 Å². The van der Waals surface area contributed by atoms with Crippen molar-refractivity contribution in [3.63, 3.8) is 0 Å². The molecule has 0 spiro atoms. The highest BCUT2D eigenvalue weighted by Crippen LogP contribution is 2.33. The van der Waals surface area contributed by atoms with E-state index >= 15 is 0 Å². The molecular formula is C19H32N4O3S. The van der Waals surface area contributed by atoms with Gasteiger partial charge in [0.05, 0.1) is 12.3 Å². The van der Waals surface area contributed by atoms with Crippen LogP contribution in [-0.2, 0) is 17.1 Å². The number of aromatic nitrogens is 1. The van der Waals surface area contributed by atoms with Gasteiger partial charge in [0.15, 0.2) is 0 Å². The van der Waals surface area contributed by atoms with Crippen molar-refractivity contribution < 1.29 is 13.2 Å². The van der Waals surface area contributed by atoms with Crippen LogP contribution in [0.3, 0.4) is 0 Å². The molecule has 7 nitrogen and oxygen atoms in total. The smallest absolute Gasteiger partial charge is 0.267 e. The predicted molar refractivity (Wildman–Crippen MR) is 106 cm³/mol.